The highest BCUT2D eigenvalue weighted by molar-refractivity contribution is 9.10. The Morgan fingerprint density at radius 3 is 2.21 bits per heavy atom. The van der Waals surface area contributed by atoms with Gasteiger partial charge in [0.1, 0.15) is 5.57 Å². The molecule has 0 aromatic heterocycles. The minimum Gasteiger partial charge on any atom is -0.493 e. The van der Waals surface area contributed by atoms with Crippen molar-refractivity contribution < 1.29 is 23.9 Å². The Bertz CT molecular complexity index is 1310. The summed E-state index contributed by atoms with van der Waals surface area (Å²) in [5.74, 6) is 2.10. The molecule has 7 rings (SSSR count). The van der Waals surface area contributed by atoms with Crippen LogP contribution in [0.15, 0.2) is 46.4 Å². The molecule has 1 N–H and O–H groups in total. The first-order valence-corrected chi connectivity index (χ1v) is 14.1. The second kappa shape index (κ2) is 9.56. The summed E-state index contributed by atoms with van der Waals surface area (Å²) in [7, 11) is 1.52. The Kier molecular flexibility index (Phi) is 6.33. The van der Waals surface area contributed by atoms with E-state index in [0.29, 0.717) is 33.8 Å². The van der Waals surface area contributed by atoms with Crippen LogP contribution in [0.1, 0.15) is 56.6 Å². The Labute approximate surface area is 230 Å². The molecule has 0 atom stereocenters. The third-order valence-electron chi connectivity index (χ3n) is 8.76. The van der Waals surface area contributed by atoms with Crippen molar-refractivity contribution >= 4 is 45.5 Å². The molecule has 2 aromatic carbocycles. The number of methoxy groups -OCH3 is 1. The van der Waals surface area contributed by atoms with E-state index in [-0.39, 0.29) is 11.0 Å². The summed E-state index contributed by atoms with van der Waals surface area (Å²) in [6.07, 6.45) is 9.30. The molecule has 1 aliphatic heterocycles. The highest BCUT2D eigenvalue weighted by atomic mass is 79.9. The normalized spacial score (nSPS) is 29.1. The second-order valence-corrected chi connectivity index (χ2v) is 12.0. The SMILES string of the molecule is CCOc1cc(Br)c(/C=C2\C(=O)NC(=O)N(c3ccc(C45CC6CC(CC(C6)C4)C5)cc3)C2=O)cc1OC. The van der Waals surface area contributed by atoms with E-state index in [1.807, 2.05) is 19.1 Å². The number of halogens is 1. The molecule has 4 amide bonds. The van der Waals surface area contributed by atoms with Crippen LogP contribution in [0.5, 0.6) is 11.5 Å². The van der Waals surface area contributed by atoms with Crippen LogP contribution in [-0.4, -0.2) is 31.6 Å². The van der Waals surface area contributed by atoms with Crippen molar-refractivity contribution in [3.63, 3.8) is 0 Å². The lowest BCUT2D eigenvalue weighted by molar-refractivity contribution is -0.122. The van der Waals surface area contributed by atoms with Crippen molar-refractivity contribution in [1.82, 2.24) is 5.32 Å². The van der Waals surface area contributed by atoms with Gasteiger partial charge < -0.3 is 9.47 Å². The maximum Gasteiger partial charge on any atom is 0.335 e. The average Bonchev–Trinajstić information content (AvgIpc) is 2.87. The van der Waals surface area contributed by atoms with E-state index >= 15 is 0 Å². The highest BCUT2D eigenvalue weighted by Crippen LogP contribution is 2.60. The number of urea groups is 1. The summed E-state index contributed by atoms with van der Waals surface area (Å²) < 4.78 is 11.6. The topological polar surface area (TPSA) is 84.9 Å². The van der Waals surface area contributed by atoms with Crippen LogP contribution in [0.25, 0.3) is 6.08 Å². The minimum atomic E-state index is -0.747. The quantitative estimate of drug-likeness (QED) is 0.336. The molecule has 5 aliphatic rings. The summed E-state index contributed by atoms with van der Waals surface area (Å²) >= 11 is 3.49. The second-order valence-electron chi connectivity index (χ2n) is 11.2. The third-order valence-corrected chi connectivity index (χ3v) is 9.45. The predicted molar refractivity (Wildman–Crippen MR) is 147 cm³/mol. The van der Waals surface area contributed by atoms with Crippen molar-refractivity contribution in [2.75, 3.05) is 18.6 Å². The van der Waals surface area contributed by atoms with E-state index in [1.165, 1.54) is 57.3 Å². The van der Waals surface area contributed by atoms with Crippen LogP contribution >= 0.6 is 15.9 Å². The number of imide groups is 2. The summed E-state index contributed by atoms with van der Waals surface area (Å²) in [5.41, 5.74) is 2.39. The van der Waals surface area contributed by atoms with Gasteiger partial charge in [0.15, 0.2) is 11.5 Å². The van der Waals surface area contributed by atoms with Crippen LogP contribution in [0.2, 0.25) is 0 Å². The summed E-state index contributed by atoms with van der Waals surface area (Å²) in [4.78, 5) is 40.1. The number of rotatable bonds is 6. The van der Waals surface area contributed by atoms with Crippen LogP contribution in [-0.2, 0) is 15.0 Å². The fourth-order valence-electron chi connectivity index (χ4n) is 7.57. The average molecular weight is 579 g/mol. The van der Waals surface area contributed by atoms with Gasteiger partial charge in [-0.25, -0.2) is 9.69 Å². The number of barbiturate groups is 1. The van der Waals surface area contributed by atoms with Crippen molar-refractivity contribution in [3.8, 4) is 11.5 Å². The number of hydrogen-bond donors (Lipinski definition) is 1. The van der Waals surface area contributed by atoms with Gasteiger partial charge in [0, 0.05) is 4.47 Å². The van der Waals surface area contributed by atoms with Gasteiger partial charge in [-0.15, -0.1) is 0 Å². The fraction of sp³-hybridized carbons (Fsp3) is 0.433. The van der Waals surface area contributed by atoms with Gasteiger partial charge in [0.05, 0.1) is 19.4 Å². The predicted octanol–water partition coefficient (Wildman–Crippen LogP) is 5.99. The number of benzene rings is 2. The fourth-order valence-corrected chi connectivity index (χ4v) is 8.00. The number of carbonyl (C=O) groups excluding carboxylic acids is 3. The molecule has 8 heteroatoms. The molecule has 0 unspecified atom stereocenters. The van der Waals surface area contributed by atoms with Gasteiger partial charge in [-0.1, -0.05) is 28.1 Å². The van der Waals surface area contributed by atoms with E-state index in [0.717, 1.165) is 22.7 Å². The van der Waals surface area contributed by atoms with Gasteiger partial charge in [-0.3, -0.25) is 14.9 Å². The van der Waals surface area contributed by atoms with Crippen molar-refractivity contribution in [3.05, 3.63) is 57.6 Å². The van der Waals surface area contributed by atoms with Gasteiger partial charge in [0.2, 0.25) is 0 Å². The number of hydrogen-bond acceptors (Lipinski definition) is 5. The van der Waals surface area contributed by atoms with Crippen LogP contribution < -0.4 is 19.7 Å². The largest absolute Gasteiger partial charge is 0.493 e. The Morgan fingerprint density at radius 2 is 1.63 bits per heavy atom. The summed E-state index contributed by atoms with van der Waals surface area (Å²) in [6, 6.07) is 10.5. The zero-order chi connectivity index (χ0) is 26.6. The van der Waals surface area contributed by atoms with Crippen LogP contribution in [0.3, 0.4) is 0 Å². The number of nitrogens with one attached hydrogen (secondary N) is 1. The number of ether oxygens (including phenoxy) is 2. The lowest BCUT2D eigenvalue weighted by Crippen LogP contribution is -2.54. The molecule has 38 heavy (non-hydrogen) atoms. The van der Waals surface area contributed by atoms with Crippen molar-refractivity contribution in [2.45, 2.75) is 50.9 Å². The molecule has 0 radical (unpaired) electrons. The number of carbonyl (C=O) groups is 3. The van der Waals surface area contributed by atoms with Gasteiger partial charge in [-0.05, 0) is 110 Å². The van der Waals surface area contributed by atoms with Crippen molar-refractivity contribution in [2.24, 2.45) is 17.8 Å². The molecule has 4 bridgehead atoms. The standard InChI is InChI=1S/C30H31BrN2O5/c1-3-38-26-13-24(31)20(12-25(26)37-2)11-23-27(34)32-29(36)33(28(23)35)22-6-4-21(5-7-22)30-14-17-8-18(15-30)10-19(9-17)16-30/h4-7,11-13,17-19H,3,8-10,14-16H2,1-2H3,(H,32,34,36)/b23-11+. The van der Waals surface area contributed by atoms with Crippen molar-refractivity contribution in [1.29, 1.82) is 0 Å². The Balaban J connectivity index is 1.29. The Morgan fingerprint density at radius 1 is 1.00 bits per heavy atom. The molecule has 0 spiro atoms. The summed E-state index contributed by atoms with van der Waals surface area (Å²) in [6.45, 7) is 2.33. The van der Waals surface area contributed by atoms with Gasteiger partial charge >= 0.3 is 6.03 Å². The molecule has 2 aromatic rings. The van der Waals surface area contributed by atoms with Gasteiger partial charge in [0.25, 0.3) is 11.8 Å². The van der Waals surface area contributed by atoms with Crippen LogP contribution in [0, 0.1) is 17.8 Å². The highest BCUT2D eigenvalue weighted by Gasteiger charge is 2.51. The lowest BCUT2D eigenvalue weighted by atomic mass is 9.48. The molecular formula is C30H31BrN2O5. The van der Waals surface area contributed by atoms with Crippen LogP contribution in [0.4, 0.5) is 10.5 Å². The maximum absolute atomic E-state index is 13.5. The molecule has 4 saturated carbocycles. The zero-order valence-corrected chi connectivity index (χ0v) is 23.2. The molecule has 1 saturated heterocycles. The zero-order valence-electron chi connectivity index (χ0n) is 21.6. The number of amides is 4. The van der Waals surface area contributed by atoms with E-state index < -0.39 is 17.8 Å². The first kappa shape index (κ1) is 25.2. The maximum atomic E-state index is 13.5. The van der Waals surface area contributed by atoms with E-state index in [1.54, 1.807) is 12.1 Å². The van der Waals surface area contributed by atoms with E-state index in [2.05, 4.69) is 33.4 Å². The Hall–Kier alpha value is -3.13. The molecule has 1 heterocycles. The molecule has 4 aliphatic carbocycles. The van der Waals surface area contributed by atoms with Gasteiger partial charge in [-0.2, -0.15) is 0 Å². The lowest BCUT2D eigenvalue weighted by Gasteiger charge is -2.57. The molecular weight excluding hydrogens is 548 g/mol. The smallest absolute Gasteiger partial charge is 0.335 e. The monoisotopic (exact) mass is 578 g/mol. The molecule has 5 fully saturated rings. The number of nitrogens with zero attached hydrogens (tertiary/aromatic N) is 1. The first-order valence-electron chi connectivity index (χ1n) is 13.3. The molecule has 198 valence electrons. The minimum absolute atomic E-state index is 0.137. The third kappa shape index (κ3) is 4.23. The van der Waals surface area contributed by atoms with E-state index in [4.69, 9.17) is 9.47 Å². The first-order chi connectivity index (χ1) is 18.3. The van der Waals surface area contributed by atoms with E-state index in [9.17, 15) is 14.4 Å². The number of anilines is 1. The summed E-state index contributed by atoms with van der Waals surface area (Å²) in [5, 5.41) is 2.32. The molecule has 7 nitrogen and oxygen atoms in total.